The maximum absolute atomic E-state index is 13.0. The van der Waals surface area contributed by atoms with E-state index in [0.29, 0.717) is 19.5 Å². The van der Waals surface area contributed by atoms with Crippen LogP contribution in [-0.4, -0.2) is 30.2 Å². The van der Waals surface area contributed by atoms with Gasteiger partial charge in [-0.3, -0.25) is 0 Å². The lowest BCUT2D eigenvalue weighted by molar-refractivity contribution is -0.135. The fourth-order valence-corrected chi connectivity index (χ4v) is 1.32. The van der Waals surface area contributed by atoms with Gasteiger partial charge in [0.15, 0.2) is 0 Å². The molecule has 1 rings (SSSR count). The van der Waals surface area contributed by atoms with Gasteiger partial charge in [-0.05, 0) is 19.9 Å². The van der Waals surface area contributed by atoms with Crippen LogP contribution in [-0.2, 0) is 0 Å². The summed E-state index contributed by atoms with van der Waals surface area (Å²) in [5, 5.41) is 11.6. The molecule has 11 heavy (non-hydrogen) atoms. The van der Waals surface area contributed by atoms with Gasteiger partial charge in [0.05, 0.1) is 0 Å². The van der Waals surface area contributed by atoms with Crippen molar-refractivity contribution in [2.24, 2.45) is 5.92 Å². The van der Waals surface area contributed by atoms with Gasteiger partial charge in [-0.1, -0.05) is 0 Å². The fraction of sp³-hybridized carbons (Fsp3) is 1.00. The lowest BCUT2D eigenvalue weighted by Crippen LogP contribution is -2.40. The van der Waals surface area contributed by atoms with Crippen LogP contribution in [0.4, 0.5) is 8.78 Å². The highest BCUT2D eigenvalue weighted by atomic mass is 19.3. The lowest BCUT2D eigenvalue weighted by atomic mass is 9.97. The molecule has 0 radical (unpaired) electrons. The van der Waals surface area contributed by atoms with Crippen molar-refractivity contribution in [3.05, 3.63) is 0 Å². The molecule has 2 N–H and O–H groups in total. The van der Waals surface area contributed by atoms with Gasteiger partial charge >= 0.3 is 0 Å². The first-order valence-electron chi connectivity index (χ1n) is 3.81. The molecule has 2 atom stereocenters. The molecule has 1 heterocycles. The Morgan fingerprint density at radius 1 is 1.64 bits per heavy atom. The van der Waals surface area contributed by atoms with Gasteiger partial charge in [-0.2, -0.15) is 0 Å². The van der Waals surface area contributed by atoms with Crippen molar-refractivity contribution >= 4 is 0 Å². The molecular formula is C7H13F2NO. The van der Waals surface area contributed by atoms with E-state index in [1.807, 2.05) is 0 Å². The highest BCUT2D eigenvalue weighted by Gasteiger charge is 2.44. The van der Waals surface area contributed by atoms with Crippen LogP contribution in [0.1, 0.15) is 13.3 Å². The van der Waals surface area contributed by atoms with Crippen LogP contribution in [0, 0.1) is 5.92 Å². The van der Waals surface area contributed by atoms with Gasteiger partial charge in [0.25, 0.3) is 5.92 Å². The number of alkyl halides is 2. The highest BCUT2D eigenvalue weighted by Crippen LogP contribution is 2.32. The first kappa shape index (κ1) is 8.87. The van der Waals surface area contributed by atoms with Gasteiger partial charge < -0.3 is 10.4 Å². The Morgan fingerprint density at radius 2 is 2.27 bits per heavy atom. The van der Waals surface area contributed by atoms with Crippen LogP contribution < -0.4 is 5.32 Å². The molecule has 0 aromatic carbocycles. The van der Waals surface area contributed by atoms with Gasteiger partial charge in [0, 0.05) is 12.5 Å². The molecule has 1 aliphatic rings. The minimum absolute atomic E-state index is 0.317. The SMILES string of the molecule is CC(O)C(F)(F)C1CCNC1. The molecule has 4 heteroatoms. The average molecular weight is 165 g/mol. The van der Waals surface area contributed by atoms with Gasteiger partial charge in [-0.25, -0.2) is 8.78 Å². The van der Waals surface area contributed by atoms with Crippen LogP contribution in [0.5, 0.6) is 0 Å². The van der Waals surface area contributed by atoms with E-state index in [-0.39, 0.29) is 0 Å². The summed E-state index contributed by atoms with van der Waals surface area (Å²) in [7, 11) is 0. The summed E-state index contributed by atoms with van der Waals surface area (Å²) >= 11 is 0. The predicted molar refractivity (Wildman–Crippen MR) is 37.6 cm³/mol. The van der Waals surface area contributed by atoms with Crippen LogP contribution in [0.3, 0.4) is 0 Å². The smallest absolute Gasteiger partial charge is 0.277 e. The Kier molecular flexibility index (Phi) is 2.44. The van der Waals surface area contributed by atoms with Gasteiger partial charge in [-0.15, -0.1) is 0 Å². The summed E-state index contributed by atoms with van der Waals surface area (Å²) in [4.78, 5) is 0. The molecule has 0 saturated carbocycles. The van der Waals surface area contributed by atoms with Crippen molar-refractivity contribution in [1.82, 2.24) is 5.32 Å². The Labute approximate surface area is 64.6 Å². The molecule has 2 unspecified atom stereocenters. The largest absolute Gasteiger partial charge is 0.387 e. The minimum atomic E-state index is -2.93. The summed E-state index contributed by atoms with van der Waals surface area (Å²) in [5.41, 5.74) is 0. The molecule has 0 aromatic rings. The highest BCUT2D eigenvalue weighted by molar-refractivity contribution is 4.87. The first-order chi connectivity index (χ1) is 5.05. The van der Waals surface area contributed by atoms with E-state index in [4.69, 9.17) is 5.11 Å². The fourth-order valence-electron chi connectivity index (χ4n) is 1.32. The van der Waals surface area contributed by atoms with E-state index in [0.717, 1.165) is 6.92 Å². The van der Waals surface area contributed by atoms with Crippen LogP contribution in [0.2, 0.25) is 0 Å². The van der Waals surface area contributed by atoms with Crippen molar-refractivity contribution in [2.75, 3.05) is 13.1 Å². The lowest BCUT2D eigenvalue weighted by Gasteiger charge is -2.24. The minimum Gasteiger partial charge on any atom is -0.387 e. The Balaban J connectivity index is 2.55. The second-order valence-corrected chi connectivity index (χ2v) is 3.04. The third-order valence-corrected chi connectivity index (χ3v) is 2.16. The molecule has 0 aromatic heterocycles. The Morgan fingerprint density at radius 3 is 2.64 bits per heavy atom. The number of nitrogens with one attached hydrogen (secondary N) is 1. The standard InChI is InChI=1S/C7H13F2NO/c1-5(11)7(8,9)6-2-3-10-4-6/h5-6,10-11H,2-4H2,1H3. The number of hydrogen-bond acceptors (Lipinski definition) is 2. The van der Waals surface area contributed by atoms with E-state index >= 15 is 0 Å². The van der Waals surface area contributed by atoms with Crippen molar-refractivity contribution in [3.63, 3.8) is 0 Å². The van der Waals surface area contributed by atoms with Crippen molar-refractivity contribution in [3.8, 4) is 0 Å². The Bertz CT molecular complexity index is 132. The summed E-state index contributed by atoms with van der Waals surface area (Å²) in [6.07, 6.45) is -1.08. The Hall–Kier alpha value is -0.220. The molecule has 0 aliphatic carbocycles. The second kappa shape index (κ2) is 3.03. The van der Waals surface area contributed by atoms with Crippen LogP contribution in [0.15, 0.2) is 0 Å². The first-order valence-corrected chi connectivity index (χ1v) is 3.81. The van der Waals surface area contributed by atoms with Gasteiger partial charge in [0.2, 0.25) is 0 Å². The van der Waals surface area contributed by atoms with Crippen molar-refractivity contribution < 1.29 is 13.9 Å². The topological polar surface area (TPSA) is 32.3 Å². The molecule has 66 valence electrons. The molecule has 1 fully saturated rings. The normalized spacial score (nSPS) is 28.9. The van der Waals surface area contributed by atoms with Gasteiger partial charge in [0.1, 0.15) is 6.10 Å². The summed E-state index contributed by atoms with van der Waals surface area (Å²) in [6, 6.07) is 0. The zero-order chi connectivity index (χ0) is 8.48. The van der Waals surface area contributed by atoms with E-state index in [2.05, 4.69) is 5.32 Å². The second-order valence-electron chi connectivity index (χ2n) is 3.04. The third kappa shape index (κ3) is 1.68. The van der Waals surface area contributed by atoms with Crippen molar-refractivity contribution in [2.45, 2.75) is 25.4 Å². The summed E-state index contributed by atoms with van der Waals surface area (Å²) < 4.78 is 25.9. The maximum Gasteiger partial charge on any atom is 0.277 e. The number of halogens is 2. The molecule has 2 nitrogen and oxygen atoms in total. The average Bonchev–Trinajstić information content (AvgIpc) is 2.37. The summed E-state index contributed by atoms with van der Waals surface area (Å²) in [5.74, 6) is -3.62. The van der Waals surface area contributed by atoms with E-state index in [9.17, 15) is 8.78 Å². The molecule has 1 aliphatic heterocycles. The number of rotatable bonds is 2. The monoisotopic (exact) mass is 165 g/mol. The maximum atomic E-state index is 13.0. The quantitative estimate of drug-likeness (QED) is 0.628. The van der Waals surface area contributed by atoms with E-state index < -0.39 is 17.9 Å². The van der Waals surface area contributed by atoms with Crippen LogP contribution >= 0.6 is 0 Å². The van der Waals surface area contributed by atoms with E-state index in [1.165, 1.54) is 0 Å². The number of aliphatic hydroxyl groups excluding tert-OH is 1. The van der Waals surface area contributed by atoms with Crippen molar-refractivity contribution in [1.29, 1.82) is 0 Å². The predicted octanol–water partition coefficient (Wildman–Crippen LogP) is 0.612. The third-order valence-electron chi connectivity index (χ3n) is 2.16. The molecule has 0 spiro atoms. The number of aliphatic hydroxyl groups is 1. The summed E-state index contributed by atoms with van der Waals surface area (Å²) in [6.45, 7) is 2.09. The van der Waals surface area contributed by atoms with Crippen LogP contribution in [0.25, 0.3) is 0 Å². The molecular weight excluding hydrogens is 152 g/mol. The zero-order valence-corrected chi connectivity index (χ0v) is 6.48. The van der Waals surface area contributed by atoms with E-state index in [1.54, 1.807) is 0 Å². The molecule has 0 bridgehead atoms. The number of hydrogen-bond donors (Lipinski definition) is 2. The molecule has 1 saturated heterocycles. The molecule has 0 amide bonds. The zero-order valence-electron chi connectivity index (χ0n) is 6.48.